The summed E-state index contributed by atoms with van der Waals surface area (Å²) in [4.78, 5) is 19.9. The average Bonchev–Trinajstić information content (AvgIpc) is 2.72. The van der Waals surface area contributed by atoms with Crippen molar-refractivity contribution in [3.05, 3.63) is 101 Å². The number of benzene rings is 2. The van der Waals surface area contributed by atoms with Gasteiger partial charge in [0.1, 0.15) is 0 Å². The van der Waals surface area contributed by atoms with Crippen LogP contribution in [0.3, 0.4) is 0 Å². The van der Waals surface area contributed by atoms with Crippen LogP contribution in [0.5, 0.6) is 0 Å². The lowest BCUT2D eigenvalue weighted by molar-refractivity contribution is -0.133. The SMILES string of the molecule is O=C(C(Cc1ccccn1)c1ccccc1)N1CCc2ccccc2C1. The van der Waals surface area contributed by atoms with Crippen LogP contribution in [0.2, 0.25) is 0 Å². The zero-order chi connectivity index (χ0) is 17.8. The van der Waals surface area contributed by atoms with Crippen LogP contribution in [-0.2, 0) is 24.2 Å². The van der Waals surface area contributed by atoms with Crippen molar-refractivity contribution in [1.82, 2.24) is 9.88 Å². The summed E-state index contributed by atoms with van der Waals surface area (Å²) in [6, 6.07) is 24.4. The van der Waals surface area contributed by atoms with Crippen LogP contribution < -0.4 is 0 Å². The van der Waals surface area contributed by atoms with Crippen LogP contribution in [-0.4, -0.2) is 22.3 Å². The molecule has 0 saturated heterocycles. The van der Waals surface area contributed by atoms with Crippen LogP contribution in [0.15, 0.2) is 79.0 Å². The molecular weight excluding hydrogens is 320 g/mol. The van der Waals surface area contributed by atoms with Gasteiger partial charge in [0.25, 0.3) is 0 Å². The van der Waals surface area contributed by atoms with Crippen molar-refractivity contribution in [2.24, 2.45) is 0 Å². The highest BCUT2D eigenvalue weighted by Crippen LogP contribution is 2.26. The number of fused-ring (bicyclic) bond motifs is 1. The summed E-state index contributed by atoms with van der Waals surface area (Å²) in [7, 11) is 0. The predicted molar refractivity (Wildman–Crippen MR) is 103 cm³/mol. The van der Waals surface area contributed by atoms with Gasteiger partial charge in [-0.25, -0.2) is 0 Å². The maximum absolute atomic E-state index is 13.4. The Bertz CT molecular complexity index is 877. The third-order valence-corrected chi connectivity index (χ3v) is 5.08. The van der Waals surface area contributed by atoms with E-state index in [0.717, 1.165) is 24.2 Å². The van der Waals surface area contributed by atoms with E-state index in [1.807, 2.05) is 53.4 Å². The van der Waals surface area contributed by atoms with Crippen molar-refractivity contribution >= 4 is 5.91 Å². The molecule has 2 heterocycles. The first-order valence-corrected chi connectivity index (χ1v) is 9.11. The molecule has 26 heavy (non-hydrogen) atoms. The van der Waals surface area contributed by atoms with E-state index in [-0.39, 0.29) is 11.8 Å². The number of nitrogens with zero attached hydrogens (tertiary/aromatic N) is 2. The molecule has 3 nitrogen and oxygen atoms in total. The molecule has 1 amide bonds. The fourth-order valence-electron chi connectivity index (χ4n) is 3.67. The van der Waals surface area contributed by atoms with Crippen LogP contribution >= 0.6 is 0 Å². The quantitative estimate of drug-likeness (QED) is 0.718. The van der Waals surface area contributed by atoms with E-state index in [2.05, 4.69) is 29.2 Å². The molecule has 1 unspecified atom stereocenters. The summed E-state index contributed by atoms with van der Waals surface area (Å²) in [6.45, 7) is 1.47. The van der Waals surface area contributed by atoms with Crippen LogP contribution in [0.1, 0.15) is 28.3 Å². The Morgan fingerprint density at radius 1 is 0.923 bits per heavy atom. The highest BCUT2D eigenvalue weighted by atomic mass is 16.2. The van der Waals surface area contributed by atoms with Gasteiger partial charge in [0, 0.05) is 31.4 Å². The molecule has 0 bridgehead atoms. The van der Waals surface area contributed by atoms with Gasteiger partial charge in [0.15, 0.2) is 0 Å². The number of carbonyl (C=O) groups excluding carboxylic acids is 1. The van der Waals surface area contributed by atoms with Crippen LogP contribution in [0, 0.1) is 0 Å². The Morgan fingerprint density at radius 2 is 1.65 bits per heavy atom. The summed E-state index contributed by atoms with van der Waals surface area (Å²) in [6.07, 6.45) is 3.34. The van der Waals surface area contributed by atoms with Crippen molar-refractivity contribution in [1.29, 1.82) is 0 Å². The highest BCUT2D eigenvalue weighted by Gasteiger charge is 2.28. The standard InChI is InChI=1S/C23H22N2O/c26-23(25-15-13-18-8-4-5-11-20(18)17-25)22(19-9-2-1-3-10-19)16-21-12-6-7-14-24-21/h1-12,14,22H,13,15-17H2. The minimum absolute atomic E-state index is 0.191. The lowest BCUT2D eigenvalue weighted by Gasteiger charge is -2.32. The second kappa shape index (κ2) is 7.52. The smallest absolute Gasteiger partial charge is 0.230 e. The molecule has 0 saturated carbocycles. The van der Waals surface area contributed by atoms with Gasteiger partial charge in [-0.05, 0) is 35.2 Å². The fourth-order valence-corrected chi connectivity index (χ4v) is 3.67. The molecule has 1 atom stereocenters. The Balaban J connectivity index is 1.60. The third kappa shape index (κ3) is 3.52. The molecule has 130 valence electrons. The van der Waals surface area contributed by atoms with Crippen molar-refractivity contribution in [2.45, 2.75) is 25.3 Å². The van der Waals surface area contributed by atoms with E-state index in [9.17, 15) is 4.79 Å². The second-order valence-corrected chi connectivity index (χ2v) is 6.77. The predicted octanol–water partition coefficient (Wildman–Crippen LogP) is 3.99. The minimum Gasteiger partial charge on any atom is -0.337 e. The first kappa shape index (κ1) is 16.5. The fraction of sp³-hybridized carbons (Fsp3) is 0.217. The molecule has 0 N–H and O–H groups in total. The third-order valence-electron chi connectivity index (χ3n) is 5.08. The molecule has 0 spiro atoms. The Kier molecular flexibility index (Phi) is 4.78. The summed E-state index contributed by atoms with van der Waals surface area (Å²) in [5, 5.41) is 0. The van der Waals surface area contributed by atoms with Crippen LogP contribution in [0.4, 0.5) is 0 Å². The number of amides is 1. The largest absolute Gasteiger partial charge is 0.337 e. The topological polar surface area (TPSA) is 33.2 Å². The van der Waals surface area contributed by atoms with Gasteiger partial charge in [-0.15, -0.1) is 0 Å². The van der Waals surface area contributed by atoms with Crippen molar-refractivity contribution < 1.29 is 4.79 Å². The Labute approximate surface area is 154 Å². The van der Waals surface area contributed by atoms with Gasteiger partial charge >= 0.3 is 0 Å². The monoisotopic (exact) mass is 342 g/mol. The maximum Gasteiger partial charge on any atom is 0.230 e. The van der Waals surface area contributed by atoms with Gasteiger partial charge in [0.2, 0.25) is 5.91 Å². The summed E-state index contributed by atoms with van der Waals surface area (Å²) >= 11 is 0. The molecule has 4 rings (SSSR count). The minimum atomic E-state index is -0.198. The zero-order valence-electron chi connectivity index (χ0n) is 14.7. The summed E-state index contributed by atoms with van der Waals surface area (Å²) in [5.41, 5.74) is 4.63. The first-order chi connectivity index (χ1) is 12.8. The van der Waals surface area contributed by atoms with Gasteiger partial charge in [-0.3, -0.25) is 9.78 Å². The molecule has 3 heteroatoms. The van der Waals surface area contributed by atoms with E-state index in [1.165, 1.54) is 11.1 Å². The molecule has 1 aliphatic rings. The number of pyridine rings is 1. The lowest BCUT2D eigenvalue weighted by atomic mass is 9.91. The second-order valence-electron chi connectivity index (χ2n) is 6.77. The number of hydrogen-bond acceptors (Lipinski definition) is 2. The van der Waals surface area contributed by atoms with E-state index in [1.54, 1.807) is 6.20 Å². The van der Waals surface area contributed by atoms with Gasteiger partial charge < -0.3 is 4.90 Å². The van der Waals surface area contributed by atoms with Gasteiger partial charge in [-0.1, -0.05) is 60.7 Å². The number of rotatable bonds is 4. The average molecular weight is 342 g/mol. The van der Waals surface area contributed by atoms with Crippen molar-refractivity contribution in [3.8, 4) is 0 Å². The van der Waals surface area contributed by atoms with E-state index in [4.69, 9.17) is 0 Å². The van der Waals surface area contributed by atoms with Crippen molar-refractivity contribution in [2.75, 3.05) is 6.54 Å². The molecule has 0 fully saturated rings. The zero-order valence-corrected chi connectivity index (χ0v) is 14.7. The molecule has 1 aromatic heterocycles. The number of carbonyl (C=O) groups is 1. The number of hydrogen-bond donors (Lipinski definition) is 0. The first-order valence-electron chi connectivity index (χ1n) is 9.11. The molecule has 1 aliphatic heterocycles. The molecule has 0 radical (unpaired) electrons. The van der Waals surface area contributed by atoms with E-state index in [0.29, 0.717) is 13.0 Å². The number of aromatic nitrogens is 1. The van der Waals surface area contributed by atoms with E-state index < -0.39 is 0 Å². The molecule has 2 aromatic carbocycles. The molecule has 3 aromatic rings. The normalized spacial score (nSPS) is 14.5. The Morgan fingerprint density at radius 3 is 2.42 bits per heavy atom. The van der Waals surface area contributed by atoms with Gasteiger partial charge in [0.05, 0.1) is 5.92 Å². The maximum atomic E-state index is 13.4. The van der Waals surface area contributed by atoms with Crippen molar-refractivity contribution in [3.63, 3.8) is 0 Å². The Hall–Kier alpha value is -2.94. The van der Waals surface area contributed by atoms with Gasteiger partial charge in [-0.2, -0.15) is 0 Å². The highest BCUT2D eigenvalue weighted by molar-refractivity contribution is 5.84. The summed E-state index contributed by atoms with van der Waals surface area (Å²) in [5.74, 6) is -0.00674. The van der Waals surface area contributed by atoms with E-state index >= 15 is 0 Å². The molecular formula is C23H22N2O. The lowest BCUT2D eigenvalue weighted by Crippen LogP contribution is -2.39. The van der Waals surface area contributed by atoms with Crippen LogP contribution in [0.25, 0.3) is 0 Å². The molecule has 0 aliphatic carbocycles. The summed E-state index contributed by atoms with van der Waals surface area (Å²) < 4.78 is 0.